The second-order valence-corrected chi connectivity index (χ2v) is 7.80. The maximum absolute atomic E-state index is 12.6. The Balaban J connectivity index is 1.41. The number of rotatable bonds is 7. The molecule has 9 nitrogen and oxygen atoms in total. The number of nitrogens with zero attached hydrogens (tertiary/aromatic N) is 6. The molecule has 2 heterocycles. The highest BCUT2D eigenvalue weighted by Gasteiger charge is 2.15. The summed E-state index contributed by atoms with van der Waals surface area (Å²) in [4.78, 5) is 0.153. The maximum Gasteiger partial charge on any atom is 0.240 e. The smallest absolute Gasteiger partial charge is 0.240 e. The molecule has 0 amide bonds. The van der Waals surface area contributed by atoms with Crippen LogP contribution in [-0.4, -0.2) is 45.0 Å². The number of benzene rings is 2. The molecule has 0 atom stereocenters. The number of hydrogen-bond donors (Lipinski definition) is 1. The van der Waals surface area contributed by atoms with Gasteiger partial charge in [0, 0.05) is 12.7 Å². The molecule has 0 spiro atoms. The third-order valence-corrected chi connectivity index (χ3v) is 5.56. The molecule has 0 aliphatic heterocycles. The van der Waals surface area contributed by atoms with Crippen molar-refractivity contribution in [2.24, 2.45) is 0 Å². The molecule has 2 aromatic heterocycles. The lowest BCUT2D eigenvalue weighted by Gasteiger charge is -2.07. The number of sulfonamides is 1. The van der Waals surface area contributed by atoms with Crippen molar-refractivity contribution in [3.05, 3.63) is 78.9 Å². The Morgan fingerprint density at radius 1 is 0.964 bits per heavy atom. The first-order valence-electron chi connectivity index (χ1n) is 8.54. The minimum atomic E-state index is -3.65. The Kier molecular flexibility index (Phi) is 4.96. The van der Waals surface area contributed by atoms with E-state index in [2.05, 4.69) is 25.3 Å². The second kappa shape index (κ2) is 7.71. The van der Waals surface area contributed by atoms with Gasteiger partial charge in [-0.3, -0.25) is 0 Å². The first-order valence-corrected chi connectivity index (χ1v) is 10.0. The lowest BCUT2D eigenvalue weighted by atomic mass is 10.2. The third-order valence-electron chi connectivity index (χ3n) is 4.10. The van der Waals surface area contributed by atoms with E-state index in [1.165, 1.54) is 23.1 Å². The van der Waals surface area contributed by atoms with Gasteiger partial charge in [0.05, 0.1) is 22.5 Å². The molecular weight excluding hydrogens is 378 g/mol. The highest BCUT2D eigenvalue weighted by atomic mass is 32.2. The van der Waals surface area contributed by atoms with Crippen molar-refractivity contribution in [1.82, 2.24) is 34.7 Å². The van der Waals surface area contributed by atoms with E-state index in [0.29, 0.717) is 12.1 Å². The van der Waals surface area contributed by atoms with Gasteiger partial charge in [-0.15, -0.1) is 5.10 Å². The van der Waals surface area contributed by atoms with Crippen LogP contribution in [-0.2, 0) is 16.4 Å². The van der Waals surface area contributed by atoms with Crippen LogP contribution in [0.5, 0.6) is 0 Å². The van der Waals surface area contributed by atoms with Crippen LogP contribution in [0.2, 0.25) is 0 Å². The molecule has 28 heavy (non-hydrogen) atoms. The molecule has 0 aliphatic carbocycles. The largest absolute Gasteiger partial charge is 0.241 e. The lowest BCUT2D eigenvalue weighted by Crippen LogP contribution is -2.26. The van der Waals surface area contributed by atoms with Gasteiger partial charge in [-0.05, 0) is 52.7 Å². The molecule has 10 heteroatoms. The molecule has 0 saturated carbocycles. The van der Waals surface area contributed by atoms with E-state index in [1.54, 1.807) is 23.0 Å². The lowest BCUT2D eigenvalue weighted by molar-refractivity contribution is 0.581. The van der Waals surface area contributed by atoms with Crippen LogP contribution in [0.25, 0.3) is 11.4 Å². The molecule has 0 aliphatic rings. The fourth-order valence-electron chi connectivity index (χ4n) is 2.70. The van der Waals surface area contributed by atoms with Crippen LogP contribution in [0, 0.1) is 0 Å². The van der Waals surface area contributed by atoms with Crippen molar-refractivity contribution in [3.63, 3.8) is 0 Å². The van der Waals surface area contributed by atoms with Crippen molar-refractivity contribution in [2.75, 3.05) is 6.54 Å². The molecule has 4 aromatic rings. The zero-order chi connectivity index (χ0) is 19.4. The first-order chi connectivity index (χ1) is 13.6. The highest BCUT2D eigenvalue weighted by Crippen LogP contribution is 2.14. The molecule has 142 valence electrons. The normalized spacial score (nSPS) is 11.6. The molecule has 0 radical (unpaired) electrons. The van der Waals surface area contributed by atoms with Gasteiger partial charge in [-0.25, -0.2) is 22.5 Å². The Morgan fingerprint density at radius 3 is 2.57 bits per heavy atom. The van der Waals surface area contributed by atoms with E-state index >= 15 is 0 Å². The number of aromatic nitrogens is 6. The van der Waals surface area contributed by atoms with Crippen molar-refractivity contribution in [3.8, 4) is 11.4 Å². The van der Waals surface area contributed by atoms with E-state index in [4.69, 9.17) is 0 Å². The minimum Gasteiger partial charge on any atom is -0.241 e. The zero-order valence-corrected chi connectivity index (χ0v) is 15.6. The molecule has 0 bridgehead atoms. The van der Waals surface area contributed by atoms with Crippen molar-refractivity contribution in [2.45, 2.75) is 11.3 Å². The first kappa shape index (κ1) is 18.0. The van der Waals surface area contributed by atoms with Gasteiger partial charge in [-0.1, -0.05) is 24.3 Å². The van der Waals surface area contributed by atoms with Gasteiger partial charge in [0.1, 0.15) is 6.33 Å². The van der Waals surface area contributed by atoms with E-state index in [9.17, 15) is 8.42 Å². The van der Waals surface area contributed by atoms with Crippen molar-refractivity contribution < 1.29 is 8.42 Å². The molecule has 1 N–H and O–H groups in total. The third kappa shape index (κ3) is 3.97. The second-order valence-electron chi connectivity index (χ2n) is 6.03. The van der Waals surface area contributed by atoms with E-state index in [1.807, 2.05) is 36.5 Å². The summed E-state index contributed by atoms with van der Waals surface area (Å²) < 4.78 is 30.9. The molecule has 0 saturated heterocycles. The fourth-order valence-corrected chi connectivity index (χ4v) is 3.77. The van der Waals surface area contributed by atoms with Gasteiger partial charge in [0.2, 0.25) is 10.0 Å². The van der Waals surface area contributed by atoms with Crippen molar-refractivity contribution >= 4 is 10.0 Å². The number of nitrogens with one attached hydrogen (secondary N) is 1. The average Bonchev–Trinajstić information content (AvgIpc) is 3.41. The van der Waals surface area contributed by atoms with Gasteiger partial charge < -0.3 is 0 Å². The maximum atomic E-state index is 12.6. The quantitative estimate of drug-likeness (QED) is 0.506. The van der Waals surface area contributed by atoms with Crippen LogP contribution in [0.1, 0.15) is 5.56 Å². The van der Waals surface area contributed by atoms with Gasteiger partial charge in [0.25, 0.3) is 0 Å². The summed E-state index contributed by atoms with van der Waals surface area (Å²) >= 11 is 0. The number of hydrogen-bond acceptors (Lipinski definition) is 6. The predicted molar refractivity (Wildman–Crippen MR) is 102 cm³/mol. The summed E-state index contributed by atoms with van der Waals surface area (Å²) in [5, 5.41) is 15.2. The number of tetrazole rings is 1. The summed E-state index contributed by atoms with van der Waals surface area (Å²) in [5.41, 5.74) is 2.46. The Labute approximate surface area is 161 Å². The fraction of sp³-hybridized carbons (Fsp3) is 0.111. The highest BCUT2D eigenvalue weighted by molar-refractivity contribution is 7.89. The van der Waals surface area contributed by atoms with Gasteiger partial charge in [-0.2, -0.15) is 5.10 Å². The Bertz CT molecular complexity index is 1160. The van der Waals surface area contributed by atoms with Crippen LogP contribution in [0.4, 0.5) is 0 Å². The molecule has 0 fully saturated rings. The topological polar surface area (TPSA) is 108 Å². The Morgan fingerprint density at radius 2 is 1.79 bits per heavy atom. The van der Waals surface area contributed by atoms with Crippen molar-refractivity contribution in [1.29, 1.82) is 0 Å². The Hall–Kier alpha value is -3.37. The summed E-state index contributed by atoms with van der Waals surface area (Å²) in [7, 11) is -3.65. The zero-order valence-electron chi connectivity index (χ0n) is 14.8. The number of para-hydroxylation sites is 1. The van der Waals surface area contributed by atoms with E-state index in [-0.39, 0.29) is 11.4 Å². The molecular formula is C18H17N7O2S. The van der Waals surface area contributed by atoms with Crippen LogP contribution in [0.3, 0.4) is 0 Å². The van der Waals surface area contributed by atoms with Crippen LogP contribution in [0.15, 0.2) is 78.2 Å². The SMILES string of the molecule is O=S(=O)(NCCc1cnn(-c2ccccc2)c1)c1cccc(-n2cnnn2)c1. The van der Waals surface area contributed by atoms with Crippen LogP contribution >= 0.6 is 0 Å². The summed E-state index contributed by atoms with van der Waals surface area (Å²) in [5.74, 6) is 0. The monoisotopic (exact) mass is 395 g/mol. The molecule has 4 rings (SSSR count). The van der Waals surface area contributed by atoms with Gasteiger partial charge in [0.15, 0.2) is 0 Å². The summed E-state index contributed by atoms with van der Waals surface area (Å²) in [6, 6.07) is 16.2. The predicted octanol–water partition coefficient (Wildman–Crippen LogP) is 1.37. The summed E-state index contributed by atoms with van der Waals surface area (Å²) in [6.45, 7) is 0.262. The average molecular weight is 395 g/mol. The van der Waals surface area contributed by atoms with Crippen LogP contribution < -0.4 is 4.72 Å². The minimum absolute atomic E-state index is 0.153. The summed E-state index contributed by atoms with van der Waals surface area (Å²) in [6.07, 6.45) is 5.56. The molecule has 0 unspecified atom stereocenters. The van der Waals surface area contributed by atoms with Gasteiger partial charge >= 0.3 is 0 Å². The van der Waals surface area contributed by atoms with E-state index < -0.39 is 10.0 Å². The molecule has 2 aromatic carbocycles. The van der Waals surface area contributed by atoms with E-state index in [0.717, 1.165) is 11.3 Å². The standard InChI is InChI=1S/C18H17N7O2S/c26-28(27,18-8-4-7-17(11-18)25-14-19-22-23-25)21-10-9-15-12-20-24(13-15)16-5-2-1-3-6-16/h1-8,11-14,21H,9-10H2.